The van der Waals surface area contributed by atoms with E-state index in [0.717, 1.165) is 39.1 Å². The van der Waals surface area contributed by atoms with E-state index in [2.05, 4.69) is 38.1 Å². The molecule has 1 aliphatic rings. The van der Waals surface area contributed by atoms with Gasteiger partial charge in [0.15, 0.2) is 0 Å². The normalized spacial score (nSPS) is 16.9. The van der Waals surface area contributed by atoms with Crippen LogP contribution in [0.5, 0.6) is 0 Å². The highest BCUT2D eigenvalue weighted by molar-refractivity contribution is 6.05. The molecule has 2 heterocycles. The van der Waals surface area contributed by atoms with Crippen molar-refractivity contribution in [1.82, 2.24) is 0 Å². The average Bonchev–Trinajstić information content (AvgIpc) is 3.05. The van der Waals surface area contributed by atoms with Crippen LogP contribution in [0.1, 0.15) is 35.3 Å². The van der Waals surface area contributed by atoms with E-state index in [0.29, 0.717) is 13.0 Å². The van der Waals surface area contributed by atoms with E-state index in [1.807, 2.05) is 30.0 Å². The predicted molar refractivity (Wildman–Crippen MR) is 96.6 cm³/mol. The molecule has 0 unspecified atom stereocenters. The van der Waals surface area contributed by atoms with Gasteiger partial charge in [-0.3, -0.25) is 4.79 Å². The number of fused-ring (bicyclic) bond motifs is 2. The number of para-hydroxylation sites is 2. The highest BCUT2D eigenvalue weighted by Gasteiger charge is 2.37. The van der Waals surface area contributed by atoms with Gasteiger partial charge in [-0.1, -0.05) is 36.4 Å². The van der Waals surface area contributed by atoms with Crippen LogP contribution in [-0.2, 0) is 11.2 Å². The number of nitrogens with zero attached hydrogens (tertiary/aromatic N) is 1. The van der Waals surface area contributed by atoms with E-state index in [9.17, 15) is 4.79 Å². The topological polar surface area (TPSA) is 33.5 Å². The molecule has 0 aliphatic carbocycles. The second kappa shape index (κ2) is 5.52. The summed E-state index contributed by atoms with van der Waals surface area (Å²) in [5, 5.41) is 1.15. The van der Waals surface area contributed by atoms with Crippen LogP contribution in [0.25, 0.3) is 11.0 Å². The first kappa shape index (κ1) is 15.0. The van der Waals surface area contributed by atoms with Crippen LogP contribution < -0.4 is 4.90 Å². The first-order chi connectivity index (χ1) is 11.6. The van der Waals surface area contributed by atoms with Gasteiger partial charge in [0.2, 0.25) is 5.91 Å². The Labute approximate surface area is 141 Å². The largest absolute Gasteiger partial charge is 0.460 e. The van der Waals surface area contributed by atoms with Gasteiger partial charge < -0.3 is 9.32 Å². The number of anilines is 1. The Hall–Kier alpha value is -2.55. The molecule has 4 rings (SSSR count). The predicted octanol–water partition coefficient (Wildman–Crippen LogP) is 4.74. The van der Waals surface area contributed by atoms with Gasteiger partial charge in [-0.2, -0.15) is 0 Å². The molecule has 0 radical (unpaired) electrons. The summed E-state index contributed by atoms with van der Waals surface area (Å²) in [6, 6.07) is 14.3. The number of amides is 1. The fraction of sp³-hybridized carbons (Fsp3) is 0.286. The Morgan fingerprint density at radius 2 is 1.88 bits per heavy atom. The quantitative estimate of drug-likeness (QED) is 0.698. The Bertz CT molecular complexity index is 938. The lowest BCUT2D eigenvalue weighted by atomic mass is 9.94. The third-order valence-corrected chi connectivity index (χ3v) is 5.13. The Morgan fingerprint density at radius 3 is 2.62 bits per heavy atom. The minimum atomic E-state index is -0.152. The second-order valence-corrected chi connectivity index (χ2v) is 6.50. The molecule has 3 heteroatoms. The zero-order valence-corrected chi connectivity index (χ0v) is 14.3. The molecule has 2 aromatic carbocycles. The second-order valence-electron chi connectivity index (χ2n) is 6.50. The molecule has 0 spiro atoms. The lowest BCUT2D eigenvalue weighted by Crippen LogP contribution is -2.29. The number of rotatable bonds is 3. The van der Waals surface area contributed by atoms with Crippen molar-refractivity contribution >= 4 is 22.6 Å². The molecular formula is C21H21NO2. The van der Waals surface area contributed by atoms with E-state index in [1.54, 1.807) is 0 Å². The molecular weight excluding hydrogens is 298 g/mol. The zero-order valence-electron chi connectivity index (χ0n) is 14.3. The van der Waals surface area contributed by atoms with E-state index in [4.69, 9.17) is 4.42 Å². The van der Waals surface area contributed by atoms with E-state index >= 15 is 0 Å². The molecule has 3 nitrogen and oxygen atoms in total. The molecule has 1 aromatic heterocycles. The first-order valence-corrected chi connectivity index (χ1v) is 8.49. The van der Waals surface area contributed by atoms with Crippen LogP contribution in [0.2, 0.25) is 0 Å². The van der Waals surface area contributed by atoms with Crippen molar-refractivity contribution in [2.45, 2.75) is 33.1 Å². The van der Waals surface area contributed by atoms with Gasteiger partial charge in [0.1, 0.15) is 11.3 Å². The monoisotopic (exact) mass is 319 g/mol. The SMILES string of the molecule is CCN1C(=O)[C@H](Cc2oc3c(C)cccc3c2C)c2ccccc21. The summed E-state index contributed by atoms with van der Waals surface area (Å²) < 4.78 is 6.15. The molecule has 0 N–H and O–H groups in total. The lowest BCUT2D eigenvalue weighted by molar-refractivity contribution is -0.119. The fourth-order valence-electron chi connectivity index (χ4n) is 3.80. The third-order valence-electron chi connectivity index (χ3n) is 5.13. The summed E-state index contributed by atoms with van der Waals surface area (Å²) in [5.74, 6) is 0.946. The van der Waals surface area contributed by atoms with Crippen molar-refractivity contribution in [3.8, 4) is 0 Å². The van der Waals surface area contributed by atoms with Crippen molar-refractivity contribution in [3.05, 3.63) is 64.9 Å². The average molecular weight is 319 g/mol. The molecule has 0 bridgehead atoms. The van der Waals surface area contributed by atoms with Crippen LogP contribution in [-0.4, -0.2) is 12.5 Å². The van der Waals surface area contributed by atoms with E-state index in [-0.39, 0.29) is 11.8 Å². The highest BCUT2D eigenvalue weighted by Crippen LogP contribution is 2.40. The Morgan fingerprint density at radius 1 is 1.08 bits per heavy atom. The summed E-state index contributed by atoms with van der Waals surface area (Å²) in [6.45, 7) is 6.87. The van der Waals surface area contributed by atoms with Crippen molar-refractivity contribution in [1.29, 1.82) is 0 Å². The van der Waals surface area contributed by atoms with Crippen LogP contribution in [0.15, 0.2) is 46.9 Å². The number of carbonyl (C=O) groups is 1. The lowest BCUT2D eigenvalue weighted by Gasteiger charge is -2.14. The molecule has 122 valence electrons. The summed E-state index contributed by atoms with van der Waals surface area (Å²) in [5.41, 5.74) is 5.38. The van der Waals surface area contributed by atoms with Gasteiger partial charge in [0.05, 0.1) is 5.92 Å². The van der Waals surface area contributed by atoms with Gasteiger partial charge in [-0.15, -0.1) is 0 Å². The van der Waals surface area contributed by atoms with Gasteiger partial charge in [-0.25, -0.2) is 0 Å². The smallest absolute Gasteiger partial charge is 0.235 e. The number of hydrogen-bond donors (Lipinski definition) is 0. The molecule has 1 amide bonds. The van der Waals surface area contributed by atoms with Crippen LogP contribution >= 0.6 is 0 Å². The third kappa shape index (κ3) is 2.08. The van der Waals surface area contributed by atoms with Crippen molar-refractivity contribution in [2.24, 2.45) is 0 Å². The number of benzene rings is 2. The summed E-state index contributed by atoms with van der Waals surface area (Å²) in [6.07, 6.45) is 0.617. The summed E-state index contributed by atoms with van der Waals surface area (Å²) in [7, 11) is 0. The highest BCUT2D eigenvalue weighted by atomic mass is 16.3. The van der Waals surface area contributed by atoms with E-state index in [1.165, 1.54) is 0 Å². The molecule has 3 aromatic rings. The van der Waals surface area contributed by atoms with E-state index < -0.39 is 0 Å². The molecule has 1 aliphatic heterocycles. The minimum Gasteiger partial charge on any atom is -0.460 e. The van der Waals surface area contributed by atoms with Gasteiger partial charge >= 0.3 is 0 Å². The molecule has 0 fully saturated rings. The molecule has 1 atom stereocenters. The van der Waals surface area contributed by atoms with Gasteiger partial charge in [-0.05, 0) is 43.5 Å². The van der Waals surface area contributed by atoms with Crippen molar-refractivity contribution < 1.29 is 9.21 Å². The maximum Gasteiger partial charge on any atom is 0.235 e. The maximum atomic E-state index is 12.9. The first-order valence-electron chi connectivity index (χ1n) is 8.49. The van der Waals surface area contributed by atoms with Crippen molar-refractivity contribution in [2.75, 3.05) is 11.4 Å². The number of aryl methyl sites for hydroxylation is 2. The van der Waals surface area contributed by atoms with Crippen LogP contribution in [0.4, 0.5) is 5.69 Å². The maximum absolute atomic E-state index is 12.9. The molecule has 0 saturated heterocycles. The van der Waals surface area contributed by atoms with Crippen molar-refractivity contribution in [3.63, 3.8) is 0 Å². The Kier molecular flexibility index (Phi) is 3.45. The molecule has 0 saturated carbocycles. The minimum absolute atomic E-state index is 0.152. The van der Waals surface area contributed by atoms with Gasteiger partial charge in [0, 0.05) is 24.0 Å². The fourth-order valence-corrected chi connectivity index (χ4v) is 3.80. The van der Waals surface area contributed by atoms with Crippen LogP contribution in [0.3, 0.4) is 0 Å². The molecule has 24 heavy (non-hydrogen) atoms. The summed E-state index contributed by atoms with van der Waals surface area (Å²) in [4.78, 5) is 14.8. The van der Waals surface area contributed by atoms with Crippen LogP contribution in [0, 0.1) is 13.8 Å². The number of furan rings is 1. The zero-order chi connectivity index (χ0) is 16.8. The van der Waals surface area contributed by atoms with Gasteiger partial charge in [0.25, 0.3) is 0 Å². The Balaban J connectivity index is 1.78. The summed E-state index contributed by atoms with van der Waals surface area (Å²) >= 11 is 0. The number of hydrogen-bond acceptors (Lipinski definition) is 2. The standard InChI is InChI=1S/C21H21NO2/c1-4-22-18-11-6-5-9-16(18)17(21(22)23)12-19-14(3)15-10-7-8-13(2)20(15)24-19/h5-11,17H,4,12H2,1-3H3/t17-/m1/s1. The number of likely N-dealkylation sites (N-methyl/N-ethyl adjacent to an activating group) is 1. The number of carbonyl (C=O) groups excluding carboxylic acids is 1.